The Morgan fingerprint density at radius 2 is 1.81 bits per heavy atom. The van der Waals surface area contributed by atoms with Crippen LogP contribution in [0.3, 0.4) is 0 Å². The Bertz CT molecular complexity index is 872. The highest BCUT2D eigenvalue weighted by molar-refractivity contribution is 7.99. The van der Waals surface area contributed by atoms with Crippen LogP contribution in [0.1, 0.15) is 16.7 Å². The van der Waals surface area contributed by atoms with Gasteiger partial charge in [-0.2, -0.15) is 5.26 Å². The van der Waals surface area contributed by atoms with Crippen molar-refractivity contribution in [1.82, 2.24) is 9.13 Å². The summed E-state index contributed by atoms with van der Waals surface area (Å²) in [6.07, 6.45) is 0. The minimum Gasteiger partial charge on any atom is -0.290 e. The van der Waals surface area contributed by atoms with Gasteiger partial charge >= 0.3 is 5.69 Å². The van der Waals surface area contributed by atoms with Gasteiger partial charge in [0.05, 0.1) is 0 Å². The predicted octanol–water partition coefficient (Wildman–Crippen LogP) is 1.72. The average Bonchev–Trinajstić information content (AvgIpc) is 2.45. The number of benzene rings is 1. The van der Waals surface area contributed by atoms with Gasteiger partial charge in [0, 0.05) is 19.0 Å². The number of hydrogen-bond acceptors (Lipinski definition) is 4. The number of hydrogen-bond donors (Lipinski definition) is 0. The Morgan fingerprint density at radius 3 is 2.38 bits per heavy atom. The van der Waals surface area contributed by atoms with Crippen LogP contribution >= 0.6 is 11.8 Å². The lowest BCUT2D eigenvalue weighted by Crippen LogP contribution is -2.39. The monoisotopic (exact) mass is 301 g/mol. The van der Waals surface area contributed by atoms with E-state index in [0.717, 1.165) is 20.6 Å². The van der Waals surface area contributed by atoms with Crippen LogP contribution in [0.4, 0.5) is 0 Å². The lowest BCUT2D eigenvalue weighted by molar-refractivity contribution is 0.631. The van der Waals surface area contributed by atoms with E-state index in [1.807, 2.05) is 38.1 Å². The topological polar surface area (TPSA) is 67.8 Å². The molecule has 6 heteroatoms. The molecule has 0 spiro atoms. The average molecular weight is 301 g/mol. The molecule has 0 fully saturated rings. The van der Waals surface area contributed by atoms with Crippen LogP contribution < -0.4 is 11.2 Å². The number of aromatic nitrogens is 2. The van der Waals surface area contributed by atoms with E-state index in [2.05, 4.69) is 0 Å². The lowest BCUT2D eigenvalue weighted by Gasteiger charge is -2.12. The third kappa shape index (κ3) is 2.65. The first-order chi connectivity index (χ1) is 9.86. The number of aryl methyl sites for hydroxylation is 2. The molecule has 0 aliphatic carbocycles. The minimum absolute atomic E-state index is 0.00965. The molecule has 0 unspecified atom stereocenters. The SMILES string of the molecule is Cc1ccc(Sc2c(C#N)c(=O)n(C)c(=O)n2C)c(C)c1. The third-order valence-electron chi connectivity index (χ3n) is 3.26. The molecule has 1 aromatic heterocycles. The molecule has 2 aromatic rings. The van der Waals surface area contributed by atoms with Gasteiger partial charge in [-0.1, -0.05) is 29.5 Å². The van der Waals surface area contributed by atoms with Crippen molar-refractivity contribution in [3.8, 4) is 6.07 Å². The van der Waals surface area contributed by atoms with Crippen molar-refractivity contribution in [3.63, 3.8) is 0 Å². The standard InChI is InChI=1S/C15H15N3O2S/c1-9-5-6-12(10(2)7-9)21-14-11(8-16)13(19)17(3)15(20)18(14)4/h5-7H,1-4H3. The zero-order chi connectivity index (χ0) is 15.7. The zero-order valence-corrected chi connectivity index (χ0v) is 13.1. The Hall–Kier alpha value is -2.26. The first-order valence-electron chi connectivity index (χ1n) is 6.32. The van der Waals surface area contributed by atoms with Gasteiger partial charge in [0.15, 0.2) is 0 Å². The summed E-state index contributed by atoms with van der Waals surface area (Å²) in [4.78, 5) is 25.0. The lowest BCUT2D eigenvalue weighted by atomic mass is 10.2. The Labute approximate surface area is 126 Å². The summed E-state index contributed by atoms with van der Waals surface area (Å²) < 4.78 is 2.29. The van der Waals surface area contributed by atoms with Gasteiger partial charge in [0.25, 0.3) is 5.56 Å². The van der Waals surface area contributed by atoms with Gasteiger partial charge in [0.2, 0.25) is 0 Å². The first kappa shape index (κ1) is 15.1. The third-order valence-corrected chi connectivity index (χ3v) is 4.61. The second kappa shape index (κ2) is 5.62. The maximum atomic E-state index is 12.0. The van der Waals surface area contributed by atoms with Crippen LogP contribution in [0.2, 0.25) is 0 Å². The number of nitriles is 1. The molecule has 1 heterocycles. The predicted molar refractivity (Wildman–Crippen MR) is 81.7 cm³/mol. The molecule has 21 heavy (non-hydrogen) atoms. The molecule has 0 bridgehead atoms. The molecule has 0 aliphatic heterocycles. The van der Waals surface area contributed by atoms with Gasteiger partial charge in [0.1, 0.15) is 16.7 Å². The molecule has 0 N–H and O–H groups in total. The zero-order valence-electron chi connectivity index (χ0n) is 12.3. The molecule has 0 amide bonds. The molecule has 0 saturated heterocycles. The van der Waals surface area contributed by atoms with Crippen molar-refractivity contribution >= 4 is 11.8 Å². The van der Waals surface area contributed by atoms with Crippen LogP contribution in [0, 0.1) is 25.2 Å². The Morgan fingerprint density at radius 1 is 1.14 bits per heavy atom. The summed E-state index contributed by atoms with van der Waals surface area (Å²) in [6, 6.07) is 7.82. The molecular weight excluding hydrogens is 286 g/mol. The molecule has 2 rings (SSSR count). The van der Waals surface area contributed by atoms with Crippen LogP contribution in [-0.4, -0.2) is 9.13 Å². The molecule has 0 saturated carbocycles. The van der Waals surface area contributed by atoms with E-state index in [1.165, 1.54) is 23.4 Å². The maximum Gasteiger partial charge on any atom is 0.331 e. The summed E-state index contributed by atoms with van der Waals surface area (Å²) in [7, 11) is 2.94. The molecular formula is C15H15N3O2S. The highest BCUT2D eigenvalue weighted by Gasteiger charge is 2.17. The van der Waals surface area contributed by atoms with Crippen LogP contribution in [0.5, 0.6) is 0 Å². The molecule has 0 atom stereocenters. The Kier molecular flexibility index (Phi) is 4.05. The van der Waals surface area contributed by atoms with E-state index >= 15 is 0 Å². The van der Waals surface area contributed by atoms with Crippen LogP contribution in [0.15, 0.2) is 37.7 Å². The van der Waals surface area contributed by atoms with E-state index in [4.69, 9.17) is 0 Å². The van der Waals surface area contributed by atoms with Crippen molar-refractivity contribution < 1.29 is 0 Å². The fraction of sp³-hybridized carbons (Fsp3) is 0.267. The van der Waals surface area contributed by atoms with Crippen LogP contribution in [-0.2, 0) is 14.1 Å². The summed E-state index contributed by atoms with van der Waals surface area (Å²) >= 11 is 1.26. The van der Waals surface area contributed by atoms with Gasteiger partial charge < -0.3 is 0 Å². The smallest absolute Gasteiger partial charge is 0.290 e. The highest BCUT2D eigenvalue weighted by atomic mass is 32.2. The summed E-state index contributed by atoms with van der Waals surface area (Å²) in [5.74, 6) is 0. The largest absolute Gasteiger partial charge is 0.331 e. The van der Waals surface area contributed by atoms with Gasteiger partial charge in [-0.3, -0.25) is 13.9 Å². The molecule has 1 aromatic carbocycles. The fourth-order valence-corrected chi connectivity index (χ4v) is 3.07. The number of nitrogens with zero attached hydrogens (tertiary/aromatic N) is 3. The number of rotatable bonds is 2. The van der Waals surface area contributed by atoms with Gasteiger partial charge in [-0.05, 0) is 25.5 Å². The van der Waals surface area contributed by atoms with E-state index in [0.29, 0.717) is 5.03 Å². The van der Waals surface area contributed by atoms with Crippen LogP contribution in [0.25, 0.3) is 0 Å². The summed E-state index contributed by atoms with van der Waals surface area (Å²) in [6.45, 7) is 3.96. The summed E-state index contributed by atoms with van der Waals surface area (Å²) in [5.41, 5.74) is 1.16. The molecule has 5 nitrogen and oxygen atoms in total. The molecule has 0 aliphatic rings. The van der Waals surface area contributed by atoms with E-state index in [-0.39, 0.29) is 5.56 Å². The van der Waals surface area contributed by atoms with E-state index in [9.17, 15) is 14.9 Å². The van der Waals surface area contributed by atoms with Gasteiger partial charge in [-0.15, -0.1) is 0 Å². The van der Waals surface area contributed by atoms with E-state index in [1.54, 1.807) is 7.05 Å². The maximum absolute atomic E-state index is 12.0. The second-order valence-electron chi connectivity index (χ2n) is 4.87. The van der Waals surface area contributed by atoms with Crippen molar-refractivity contribution in [2.75, 3.05) is 0 Å². The first-order valence-corrected chi connectivity index (χ1v) is 7.13. The van der Waals surface area contributed by atoms with E-state index < -0.39 is 11.2 Å². The highest BCUT2D eigenvalue weighted by Crippen LogP contribution is 2.30. The molecule has 108 valence electrons. The second-order valence-corrected chi connectivity index (χ2v) is 5.90. The Balaban J connectivity index is 2.68. The summed E-state index contributed by atoms with van der Waals surface area (Å²) in [5, 5.41) is 9.61. The van der Waals surface area contributed by atoms with Crippen molar-refractivity contribution in [1.29, 1.82) is 5.26 Å². The minimum atomic E-state index is -0.562. The van der Waals surface area contributed by atoms with Crippen molar-refractivity contribution in [3.05, 3.63) is 55.7 Å². The fourth-order valence-electron chi connectivity index (χ4n) is 2.06. The van der Waals surface area contributed by atoms with Crippen molar-refractivity contribution in [2.24, 2.45) is 14.1 Å². The quantitative estimate of drug-likeness (QED) is 0.792. The normalized spacial score (nSPS) is 10.4. The molecule has 0 radical (unpaired) electrons. The van der Waals surface area contributed by atoms with Crippen molar-refractivity contribution in [2.45, 2.75) is 23.8 Å². The van der Waals surface area contributed by atoms with Gasteiger partial charge in [-0.25, -0.2) is 4.79 Å².